The largest absolute Gasteiger partial charge is 0.504 e. The Labute approximate surface area is 105 Å². The number of carbonyl (C=O) groups is 1. The maximum absolute atomic E-state index is 10.8. The lowest BCUT2D eigenvalue weighted by Gasteiger charge is -2.24. The fourth-order valence-electron chi connectivity index (χ4n) is 1.78. The summed E-state index contributed by atoms with van der Waals surface area (Å²) in [4.78, 5) is 10.8. The van der Waals surface area contributed by atoms with Crippen molar-refractivity contribution >= 4 is 5.97 Å². The zero-order valence-electron chi connectivity index (χ0n) is 10.5. The highest BCUT2D eigenvalue weighted by atomic mass is 16.5. The molecule has 0 unspecified atom stereocenters. The molecule has 2 N–H and O–H groups in total. The molecule has 0 aliphatic carbocycles. The van der Waals surface area contributed by atoms with Gasteiger partial charge >= 0.3 is 5.97 Å². The van der Waals surface area contributed by atoms with Crippen LogP contribution in [0.1, 0.15) is 31.4 Å². The molecule has 5 nitrogen and oxygen atoms in total. The van der Waals surface area contributed by atoms with Crippen LogP contribution in [0.2, 0.25) is 0 Å². The number of nitriles is 1. The number of rotatable bonds is 4. The molecule has 1 aromatic carbocycles. The second-order valence-corrected chi connectivity index (χ2v) is 4.64. The number of methoxy groups -OCH3 is 1. The van der Waals surface area contributed by atoms with Gasteiger partial charge in [-0.05, 0) is 17.7 Å². The predicted molar refractivity (Wildman–Crippen MR) is 64.7 cm³/mol. The Morgan fingerprint density at radius 2 is 2.11 bits per heavy atom. The summed E-state index contributed by atoms with van der Waals surface area (Å²) < 4.78 is 4.93. The van der Waals surface area contributed by atoms with Gasteiger partial charge < -0.3 is 14.9 Å². The average molecular weight is 249 g/mol. The first-order valence-electron chi connectivity index (χ1n) is 5.35. The Morgan fingerprint density at radius 1 is 1.50 bits per heavy atom. The third-order valence-electron chi connectivity index (χ3n) is 2.77. The molecule has 0 radical (unpaired) electrons. The van der Waals surface area contributed by atoms with Gasteiger partial charge in [0.15, 0.2) is 11.5 Å². The molecule has 18 heavy (non-hydrogen) atoms. The van der Waals surface area contributed by atoms with E-state index in [9.17, 15) is 9.90 Å². The molecular weight excluding hydrogens is 234 g/mol. The second kappa shape index (κ2) is 4.96. The Balaban J connectivity index is 3.32. The van der Waals surface area contributed by atoms with E-state index in [1.165, 1.54) is 13.2 Å². The molecule has 0 fully saturated rings. The van der Waals surface area contributed by atoms with Gasteiger partial charge in [-0.3, -0.25) is 4.79 Å². The number of ether oxygens (including phenoxy) is 1. The van der Waals surface area contributed by atoms with Gasteiger partial charge in [0, 0.05) is 5.41 Å². The van der Waals surface area contributed by atoms with Crippen LogP contribution in [0.4, 0.5) is 0 Å². The highest BCUT2D eigenvalue weighted by Crippen LogP contribution is 2.37. The number of nitrogens with zero attached hydrogens (tertiary/aromatic N) is 1. The third-order valence-corrected chi connectivity index (χ3v) is 2.77. The number of benzene rings is 1. The monoisotopic (exact) mass is 249 g/mol. The maximum Gasteiger partial charge on any atom is 0.304 e. The number of phenols is 1. The topological polar surface area (TPSA) is 90.6 Å². The summed E-state index contributed by atoms with van der Waals surface area (Å²) in [5, 5.41) is 27.6. The highest BCUT2D eigenvalue weighted by molar-refractivity contribution is 5.69. The summed E-state index contributed by atoms with van der Waals surface area (Å²) in [5.74, 6) is -0.994. The summed E-state index contributed by atoms with van der Waals surface area (Å²) in [5.41, 5.74) is 0.0898. The van der Waals surface area contributed by atoms with E-state index in [1.807, 2.05) is 6.07 Å². The van der Waals surface area contributed by atoms with E-state index < -0.39 is 11.4 Å². The van der Waals surface area contributed by atoms with Crippen molar-refractivity contribution in [2.24, 2.45) is 0 Å². The second-order valence-electron chi connectivity index (χ2n) is 4.64. The molecule has 5 heteroatoms. The minimum Gasteiger partial charge on any atom is -0.504 e. The number of aromatic hydroxyl groups is 1. The number of hydrogen-bond donors (Lipinski definition) is 2. The number of carboxylic acids is 1. The van der Waals surface area contributed by atoms with Crippen LogP contribution in [-0.2, 0) is 10.2 Å². The molecular formula is C13H15NO4. The van der Waals surface area contributed by atoms with Crippen LogP contribution in [0.5, 0.6) is 11.5 Å². The van der Waals surface area contributed by atoms with Crippen LogP contribution in [0, 0.1) is 11.3 Å². The van der Waals surface area contributed by atoms with Crippen LogP contribution in [0.3, 0.4) is 0 Å². The molecule has 1 aromatic rings. The molecule has 0 amide bonds. The Hall–Kier alpha value is -2.22. The van der Waals surface area contributed by atoms with E-state index in [2.05, 4.69) is 0 Å². The highest BCUT2D eigenvalue weighted by Gasteiger charge is 2.26. The average Bonchev–Trinajstić information content (AvgIpc) is 2.26. The molecule has 1 rings (SSSR count). The van der Waals surface area contributed by atoms with Crippen molar-refractivity contribution in [2.75, 3.05) is 7.11 Å². The zero-order valence-corrected chi connectivity index (χ0v) is 10.5. The van der Waals surface area contributed by atoms with Gasteiger partial charge in [-0.15, -0.1) is 0 Å². The summed E-state index contributed by atoms with van der Waals surface area (Å²) >= 11 is 0. The van der Waals surface area contributed by atoms with Gasteiger partial charge in [0.1, 0.15) is 6.07 Å². The van der Waals surface area contributed by atoms with Crippen molar-refractivity contribution in [3.05, 3.63) is 23.3 Å². The van der Waals surface area contributed by atoms with Crippen LogP contribution >= 0.6 is 0 Å². The molecule has 0 spiro atoms. The molecule has 0 saturated heterocycles. The zero-order chi connectivity index (χ0) is 13.9. The maximum atomic E-state index is 10.8. The van der Waals surface area contributed by atoms with Gasteiger partial charge in [0.2, 0.25) is 0 Å². The van der Waals surface area contributed by atoms with Crippen molar-refractivity contribution < 1.29 is 19.7 Å². The fourth-order valence-corrected chi connectivity index (χ4v) is 1.78. The Bertz CT molecular complexity index is 514. The summed E-state index contributed by atoms with van der Waals surface area (Å²) in [6.07, 6.45) is -0.0936. The quantitative estimate of drug-likeness (QED) is 0.851. The van der Waals surface area contributed by atoms with Crippen LogP contribution < -0.4 is 4.74 Å². The minimum atomic E-state index is -0.936. The van der Waals surface area contributed by atoms with Crippen molar-refractivity contribution in [3.63, 3.8) is 0 Å². The lowest BCUT2D eigenvalue weighted by molar-refractivity contribution is -0.138. The van der Waals surface area contributed by atoms with E-state index in [-0.39, 0.29) is 23.5 Å². The standard InChI is InChI=1S/C13H15NO4/c1-13(2,6-11(16)17)9-4-8(7-14)12(18-3)10(15)5-9/h4-5,15H,6H2,1-3H3,(H,16,17). The minimum absolute atomic E-state index is 0.0936. The van der Waals surface area contributed by atoms with Gasteiger partial charge in [0.25, 0.3) is 0 Å². The smallest absolute Gasteiger partial charge is 0.304 e. The van der Waals surface area contributed by atoms with Crippen molar-refractivity contribution in [1.29, 1.82) is 5.26 Å². The molecule has 0 aromatic heterocycles. The van der Waals surface area contributed by atoms with Gasteiger partial charge in [0.05, 0.1) is 19.1 Å². The molecule has 0 bridgehead atoms. The van der Waals surface area contributed by atoms with Crippen LogP contribution in [0.15, 0.2) is 12.1 Å². The van der Waals surface area contributed by atoms with E-state index in [0.29, 0.717) is 5.56 Å². The predicted octanol–water partition coefficient (Wildman–Crippen LogP) is 2.02. The number of aliphatic carboxylic acids is 1. The molecule has 0 saturated carbocycles. The van der Waals surface area contributed by atoms with E-state index >= 15 is 0 Å². The SMILES string of the molecule is COc1c(O)cc(C(C)(C)CC(=O)O)cc1C#N. The van der Waals surface area contributed by atoms with Crippen molar-refractivity contribution in [3.8, 4) is 17.6 Å². The molecule has 96 valence electrons. The first-order chi connectivity index (χ1) is 8.31. The lowest BCUT2D eigenvalue weighted by atomic mass is 9.81. The van der Waals surface area contributed by atoms with E-state index in [4.69, 9.17) is 15.1 Å². The summed E-state index contributed by atoms with van der Waals surface area (Å²) in [6, 6.07) is 4.90. The third kappa shape index (κ3) is 2.72. The molecule has 0 aliphatic rings. The van der Waals surface area contributed by atoms with Gasteiger partial charge in [-0.2, -0.15) is 5.26 Å². The van der Waals surface area contributed by atoms with E-state index in [1.54, 1.807) is 19.9 Å². The van der Waals surface area contributed by atoms with Crippen LogP contribution in [-0.4, -0.2) is 23.3 Å². The number of phenolic OH excluding ortho intramolecular Hbond substituents is 1. The summed E-state index contributed by atoms with van der Waals surface area (Å²) in [6.45, 7) is 3.48. The van der Waals surface area contributed by atoms with Crippen molar-refractivity contribution in [2.45, 2.75) is 25.7 Å². The first kappa shape index (κ1) is 13.8. The number of hydrogen-bond acceptors (Lipinski definition) is 4. The Morgan fingerprint density at radius 3 is 2.56 bits per heavy atom. The Kier molecular flexibility index (Phi) is 3.82. The molecule has 0 aliphatic heterocycles. The van der Waals surface area contributed by atoms with Crippen molar-refractivity contribution in [1.82, 2.24) is 0 Å². The number of carboxylic acid groups (broad SMARTS) is 1. The molecule has 0 atom stereocenters. The van der Waals surface area contributed by atoms with Gasteiger partial charge in [-0.1, -0.05) is 13.8 Å². The molecule has 0 heterocycles. The van der Waals surface area contributed by atoms with E-state index in [0.717, 1.165) is 0 Å². The fraction of sp³-hybridized carbons (Fsp3) is 0.385. The van der Waals surface area contributed by atoms with Crippen LogP contribution in [0.25, 0.3) is 0 Å². The summed E-state index contributed by atoms with van der Waals surface area (Å²) in [7, 11) is 1.36. The first-order valence-corrected chi connectivity index (χ1v) is 5.35. The van der Waals surface area contributed by atoms with Gasteiger partial charge in [-0.25, -0.2) is 0 Å². The lowest BCUT2D eigenvalue weighted by Crippen LogP contribution is -2.21. The normalized spacial score (nSPS) is 10.8.